The highest BCUT2D eigenvalue weighted by Gasteiger charge is 2.45. The molecule has 0 aromatic heterocycles. The van der Waals surface area contributed by atoms with Gasteiger partial charge in [0, 0.05) is 19.1 Å². The first-order valence-corrected chi connectivity index (χ1v) is 7.65. The Kier molecular flexibility index (Phi) is 5.99. The van der Waals surface area contributed by atoms with Gasteiger partial charge in [0.25, 0.3) is 5.69 Å². The van der Waals surface area contributed by atoms with E-state index in [-0.39, 0.29) is 11.4 Å². The number of nitro groups is 1. The molecule has 9 nitrogen and oxygen atoms in total. The van der Waals surface area contributed by atoms with Crippen molar-refractivity contribution >= 4 is 24.2 Å². The molecule has 1 heterocycles. The molecular formula is C14H18N2O7S. The lowest BCUT2D eigenvalue weighted by molar-refractivity contribution is -0.384. The number of nitro benzene ring substituents is 1. The second-order valence-electron chi connectivity index (χ2n) is 5.30. The summed E-state index contributed by atoms with van der Waals surface area (Å²) < 4.78 is 11.1. The molecule has 1 aromatic carbocycles. The van der Waals surface area contributed by atoms with E-state index in [1.165, 1.54) is 31.2 Å². The largest absolute Gasteiger partial charge is 0.463 e. The molecule has 132 valence electrons. The third kappa shape index (κ3) is 4.15. The number of hydrogen-bond acceptors (Lipinski definition) is 8. The number of aliphatic hydroxyl groups is 2. The maximum Gasteiger partial charge on any atom is 0.269 e. The molecule has 24 heavy (non-hydrogen) atoms. The van der Waals surface area contributed by atoms with E-state index in [9.17, 15) is 25.1 Å². The van der Waals surface area contributed by atoms with E-state index < -0.39 is 47.2 Å². The third-order valence-corrected chi connectivity index (χ3v) is 4.19. The number of benzene rings is 1. The van der Waals surface area contributed by atoms with Crippen LogP contribution in [0.1, 0.15) is 6.92 Å². The number of ether oxygens (including phenoxy) is 2. The fourth-order valence-corrected chi connectivity index (χ4v) is 2.70. The molecule has 0 bridgehead atoms. The van der Waals surface area contributed by atoms with Crippen LogP contribution in [0.5, 0.6) is 5.75 Å². The van der Waals surface area contributed by atoms with Crippen molar-refractivity contribution in [3.05, 3.63) is 34.4 Å². The lowest BCUT2D eigenvalue weighted by Crippen LogP contribution is -2.64. The van der Waals surface area contributed by atoms with Gasteiger partial charge in [0.05, 0.1) is 29.0 Å². The molecule has 10 heteroatoms. The smallest absolute Gasteiger partial charge is 0.269 e. The maximum atomic E-state index is 11.4. The van der Waals surface area contributed by atoms with Crippen LogP contribution < -0.4 is 10.1 Å². The summed E-state index contributed by atoms with van der Waals surface area (Å²) in [6, 6.07) is 4.35. The predicted molar refractivity (Wildman–Crippen MR) is 85.9 cm³/mol. The molecule has 0 saturated carbocycles. The highest BCUT2D eigenvalue weighted by Crippen LogP contribution is 2.28. The minimum atomic E-state index is -1.12. The van der Waals surface area contributed by atoms with Crippen molar-refractivity contribution in [3.63, 3.8) is 0 Å². The second-order valence-corrected chi connectivity index (χ2v) is 5.90. The lowest BCUT2D eigenvalue weighted by atomic mass is 9.99. The summed E-state index contributed by atoms with van der Waals surface area (Å²) in [6.07, 6.45) is -3.01. The normalized spacial score (nSPS) is 29.8. The van der Waals surface area contributed by atoms with Crippen LogP contribution >= 0.6 is 12.6 Å². The average Bonchev–Trinajstić information content (AvgIpc) is 2.54. The van der Waals surface area contributed by atoms with E-state index in [4.69, 9.17) is 9.47 Å². The highest BCUT2D eigenvalue weighted by molar-refractivity contribution is 7.81. The van der Waals surface area contributed by atoms with Crippen LogP contribution in [-0.4, -0.2) is 57.4 Å². The quantitative estimate of drug-likeness (QED) is 0.327. The van der Waals surface area contributed by atoms with Gasteiger partial charge in [-0.25, -0.2) is 0 Å². The molecule has 1 aliphatic rings. The zero-order valence-corrected chi connectivity index (χ0v) is 13.6. The Balaban J connectivity index is 2.19. The number of hydrogen-bond donors (Lipinski definition) is 4. The summed E-state index contributed by atoms with van der Waals surface area (Å²) in [5, 5.41) is 32.1. The molecule has 0 radical (unpaired) electrons. The summed E-state index contributed by atoms with van der Waals surface area (Å²) in [5.41, 5.74) is -0.103. The van der Waals surface area contributed by atoms with E-state index >= 15 is 0 Å². The van der Waals surface area contributed by atoms with Crippen LogP contribution in [0.3, 0.4) is 0 Å². The van der Waals surface area contributed by atoms with Gasteiger partial charge in [0.1, 0.15) is 11.8 Å². The molecule has 0 spiro atoms. The van der Waals surface area contributed by atoms with E-state index in [2.05, 4.69) is 17.9 Å². The fraction of sp³-hybridized carbons (Fsp3) is 0.500. The Morgan fingerprint density at radius 3 is 2.58 bits per heavy atom. The molecule has 1 amide bonds. The number of aliphatic hydroxyl groups excluding tert-OH is 2. The van der Waals surface area contributed by atoms with Crippen LogP contribution in [0, 0.1) is 10.1 Å². The van der Waals surface area contributed by atoms with E-state index in [1.54, 1.807) is 0 Å². The first-order valence-electron chi connectivity index (χ1n) is 7.14. The van der Waals surface area contributed by atoms with Crippen LogP contribution in [0.4, 0.5) is 5.69 Å². The van der Waals surface area contributed by atoms with E-state index in [1.807, 2.05) is 0 Å². The van der Waals surface area contributed by atoms with Gasteiger partial charge < -0.3 is 25.0 Å². The number of thiol groups is 1. The molecule has 0 aliphatic carbocycles. The van der Waals surface area contributed by atoms with Crippen molar-refractivity contribution in [2.45, 2.75) is 36.7 Å². The minimum absolute atomic E-state index is 0.103. The fourth-order valence-electron chi connectivity index (χ4n) is 2.35. The Bertz CT molecular complexity index is 597. The maximum absolute atomic E-state index is 11.4. The van der Waals surface area contributed by atoms with E-state index in [0.29, 0.717) is 0 Å². The molecule has 1 fully saturated rings. The van der Waals surface area contributed by atoms with Crippen LogP contribution in [0.25, 0.3) is 0 Å². The molecule has 1 saturated heterocycles. The van der Waals surface area contributed by atoms with Crippen LogP contribution in [0.15, 0.2) is 24.3 Å². The summed E-state index contributed by atoms with van der Waals surface area (Å²) in [4.78, 5) is 21.5. The van der Waals surface area contributed by atoms with Gasteiger partial charge in [-0.1, -0.05) is 0 Å². The zero-order chi connectivity index (χ0) is 17.9. The number of rotatable bonds is 5. The van der Waals surface area contributed by atoms with Gasteiger partial charge in [-0.3, -0.25) is 14.9 Å². The second kappa shape index (κ2) is 7.79. The summed E-state index contributed by atoms with van der Waals surface area (Å²) in [7, 11) is 0. The van der Waals surface area contributed by atoms with Crippen molar-refractivity contribution in [2.24, 2.45) is 0 Å². The van der Waals surface area contributed by atoms with Crippen molar-refractivity contribution < 1.29 is 29.4 Å². The van der Waals surface area contributed by atoms with Gasteiger partial charge in [-0.15, -0.1) is 0 Å². The van der Waals surface area contributed by atoms with Gasteiger partial charge in [-0.2, -0.15) is 12.6 Å². The predicted octanol–water partition coefficient (Wildman–Crippen LogP) is -0.145. The Hall–Kier alpha value is -1.88. The Labute approximate surface area is 143 Å². The first-order chi connectivity index (χ1) is 11.3. The molecule has 5 atom stereocenters. The molecule has 0 unspecified atom stereocenters. The van der Waals surface area contributed by atoms with Crippen molar-refractivity contribution in [1.82, 2.24) is 5.32 Å². The summed E-state index contributed by atoms with van der Waals surface area (Å²) >= 11 is 4.20. The topological polar surface area (TPSA) is 131 Å². The van der Waals surface area contributed by atoms with Crippen molar-refractivity contribution in [1.29, 1.82) is 0 Å². The van der Waals surface area contributed by atoms with E-state index in [0.717, 1.165) is 0 Å². The zero-order valence-electron chi connectivity index (χ0n) is 12.7. The standard InChI is InChI=1S/C14H18N2O7S/c1-7(18)15-11-12(19)13(24)10(6-17)23-14(11)22-9-4-2-8(3-5-9)16(20)21/h2-5,10-14,17,19,24H,6H2,1H3,(H,15,18)/t10-,11-,12-,13+,14-/m1/s1. The number of amides is 1. The van der Waals surface area contributed by atoms with Gasteiger partial charge in [-0.05, 0) is 12.1 Å². The summed E-state index contributed by atoms with van der Waals surface area (Å²) in [5.74, 6) is -0.148. The van der Waals surface area contributed by atoms with Gasteiger partial charge >= 0.3 is 0 Å². The van der Waals surface area contributed by atoms with Crippen molar-refractivity contribution in [3.8, 4) is 5.75 Å². The Morgan fingerprint density at radius 2 is 2.08 bits per heavy atom. The summed E-state index contributed by atoms with van der Waals surface area (Å²) in [6.45, 7) is 0.888. The molecule has 2 rings (SSSR count). The molecule has 1 aliphatic heterocycles. The minimum Gasteiger partial charge on any atom is -0.463 e. The van der Waals surface area contributed by atoms with Gasteiger partial charge in [0.2, 0.25) is 12.2 Å². The third-order valence-electron chi connectivity index (χ3n) is 3.55. The molecule has 1 aromatic rings. The molecule has 3 N–H and O–H groups in total. The number of carbonyl (C=O) groups excluding carboxylic acids is 1. The number of nitrogens with zero attached hydrogens (tertiary/aromatic N) is 1. The average molecular weight is 358 g/mol. The molecular weight excluding hydrogens is 340 g/mol. The number of nitrogens with one attached hydrogen (secondary N) is 1. The van der Waals surface area contributed by atoms with Crippen LogP contribution in [-0.2, 0) is 9.53 Å². The first kappa shape index (κ1) is 18.5. The highest BCUT2D eigenvalue weighted by atomic mass is 32.1. The SMILES string of the molecule is CC(=O)N[C@H]1[C@H](Oc2ccc([N+](=O)[O-])cc2)O[C@H](CO)[C@H](S)[C@@H]1O. The monoisotopic (exact) mass is 358 g/mol. The number of carbonyl (C=O) groups is 1. The Morgan fingerprint density at radius 1 is 1.46 bits per heavy atom. The van der Waals surface area contributed by atoms with Crippen molar-refractivity contribution in [2.75, 3.05) is 6.61 Å². The van der Waals surface area contributed by atoms with Crippen LogP contribution in [0.2, 0.25) is 0 Å². The lowest BCUT2D eigenvalue weighted by Gasteiger charge is -2.42. The number of non-ortho nitro benzene ring substituents is 1. The van der Waals surface area contributed by atoms with Gasteiger partial charge in [0.15, 0.2) is 0 Å².